The molecule has 0 atom stereocenters. The van der Waals surface area contributed by atoms with E-state index in [4.69, 9.17) is 34.2 Å². The molecule has 0 aliphatic carbocycles. The van der Waals surface area contributed by atoms with Crippen molar-refractivity contribution in [2.75, 3.05) is 101 Å². The van der Waals surface area contributed by atoms with E-state index in [2.05, 4.69) is 0 Å². The molecule has 0 aromatic heterocycles. The molecule has 0 amide bonds. The van der Waals surface area contributed by atoms with E-state index < -0.39 is 0 Å². The lowest BCUT2D eigenvalue weighted by Gasteiger charge is -2.06. The maximum atomic E-state index is 11.8. The van der Waals surface area contributed by atoms with Crippen molar-refractivity contribution in [1.29, 1.82) is 0 Å². The van der Waals surface area contributed by atoms with Gasteiger partial charge in [-0.3, -0.25) is 14.4 Å². The van der Waals surface area contributed by atoms with E-state index in [1.165, 1.54) is 35.3 Å². The van der Waals surface area contributed by atoms with Crippen molar-refractivity contribution >= 4 is 100 Å². The van der Waals surface area contributed by atoms with Crippen LogP contribution in [0.1, 0.15) is 25.7 Å². The number of hydrogen-bond donors (Lipinski definition) is 2. The zero-order valence-electron chi connectivity index (χ0n) is 23.4. The number of carbonyl (C=O) groups is 3. The summed E-state index contributed by atoms with van der Waals surface area (Å²) in [5.74, 6) is 5.26. The molecule has 2 N–H and O–H groups in total. The Labute approximate surface area is 274 Å². The second kappa shape index (κ2) is 35.2. The highest BCUT2D eigenvalue weighted by atomic mass is 32.2. The van der Waals surface area contributed by atoms with Crippen molar-refractivity contribution in [2.45, 2.75) is 25.7 Å². The molecule has 0 aromatic rings. The second-order valence-corrected chi connectivity index (χ2v) is 16.0. The van der Waals surface area contributed by atoms with Crippen LogP contribution in [0.4, 0.5) is 0 Å². The first-order valence-electron chi connectivity index (χ1n) is 13.1. The van der Waals surface area contributed by atoms with E-state index in [0.29, 0.717) is 75.3 Å². The topological polar surface area (TPSA) is 138 Å². The molecule has 0 bridgehead atoms. The third-order valence-corrected chi connectivity index (χ3v) is 11.2. The molecule has 0 aliphatic heterocycles. The molecule has 0 radical (unpaired) electrons. The fraction of sp³-hybridized carbons (Fsp3) is 0.875. The van der Waals surface area contributed by atoms with Crippen LogP contribution in [0.5, 0.6) is 0 Å². The fourth-order valence-corrected chi connectivity index (χ4v) is 7.51. The highest BCUT2D eigenvalue weighted by Crippen LogP contribution is 2.12. The third-order valence-electron chi connectivity index (χ3n) is 4.25. The van der Waals surface area contributed by atoms with Gasteiger partial charge in [-0.15, -0.1) is 47.0 Å². The van der Waals surface area contributed by atoms with E-state index in [9.17, 15) is 14.4 Å². The van der Waals surface area contributed by atoms with Crippen LogP contribution in [0, 0.1) is 0 Å². The summed E-state index contributed by atoms with van der Waals surface area (Å²) in [4.78, 5) is 45.3. The fourth-order valence-electron chi connectivity index (χ4n) is 2.37. The number of aliphatic hydroxyl groups excluding tert-OH is 2. The standard InChI is InChI=1S/C24H44O10S7/c25-18-40-20-38-15-7-31-22(27)2-11-35-10-1-5-33-34-9-17-37-14-6-30-23(28)3-12-36-13-4-24(29)32-8-16-39-21-41-19-26/h25-26H,1-21H2. The van der Waals surface area contributed by atoms with Gasteiger partial charge < -0.3 is 24.4 Å². The van der Waals surface area contributed by atoms with Crippen LogP contribution in [0.3, 0.4) is 0 Å². The molecule has 0 fully saturated rings. The van der Waals surface area contributed by atoms with Gasteiger partial charge in [0.1, 0.15) is 19.8 Å². The van der Waals surface area contributed by atoms with Crippen molar-refractivity contribution in [3.8, 4) is 0 Å². The smallest absolute Gasteiger partial charge is 0.306 e. The van der Waals surface area contributed by atoms with Crippen LogP contribution < -0.4 is 0 Å². The normalized spacial score (nSPS) is 11.0. The Morgan fingerprint density at radius 2 is 0.829 bits per heavy atom. The molecule has 10 nitrogen and oxygen atoms in total. The summed E-state index contributed by atoms with van der Waals surface area (Å²) in [7, 11) is 0. The number of thioether (sulfide) groups is 7. The minimum absolute atomic E-state index is 0.1000. The van der Waals surface area contributed by atoms with Crippen molar-refractivity contribution in [3.63, 3.8) is 0 Å². The lowest BCUT2D eigenvalue weighted by molar-refractivity contribution is -0.289. The quantitative estimate of drug-likeness (QED) is 0.0258. The molecule has 0 unspecified atom stereocenters. The van der Waals surface area contributed by atoms with E-state index in [-0.39, 0.29) is 29.8 Å². The van der Waals surface area contributed by atoms with Crippen molar-refractivity contribution in [3.05, 3.63) is 0 Å². The van der Waals surface area contributed by atoms with Gasteiger partial charge in [-0.05, 0) is 12.2 Å². The SMILES string of the molecule is O=C(CCSCCCOOCCSCCOC(=O)CCSCCC(=O)OCCSCSCO)OCCSCSCO. The summed E-state index contributed by atoms with van der Waals surface area (Å²) in [6.07, 6.45) is 1.86. The Kier molecular flexibility index (Phi) is 35.8. The molecular weight excluding hydrogens is 673 g/mol. The van der Waals surface area contributed by atoms with Crippen molar-refractivity contribution < 1.29 is 48.6 Å². The molecule has 0 heterocycles. The van der Waals surface area contributed by atoms with E-state index in [0.717, 1.165) is 39.6 Å². The van der Waals surface area contributed by atoms with Crippen LogP contribution in [-0.4, -0.2) is 129 Å². The first-order valence-corrected chi connectivity index (χ1v) is 21.2. The van der Waals surface area contributed by atoms with Crippen LogP contribution in [0.2, 0.25) is 0 Å². The number of aliphatic hydroxyl groups is 2. The first kappa shape index (κ1) is 41.7. The molecule has 0 rings (SSSR count). The Morgan fingerprint density at radius 1 is 0.439 bits per heavy atom. The molecule has 41 heavy (non-hydrogen) atoms. The van der Waals surface area contributed by atoms with Gasteiger partial charge in [-0.25, -0.2) is 9.78 Å². The molecular formula is C24H44O10S7. The summed E-state index contributed by atoms with van der Waals surface area (Å²) in [5, 5.41) is 18.9. The zero-order chi connectivity index (χ0) is 30.1. The highest BCUT2D eigenvalue weighted by Gasteiger charge is 2.06. The van der Waals surface area contributed by atoms with E-state index in [1.54, 1.807) is 47.0 Å². The van der Waals surface area contributed by atoms with E-state index in [1.807, 2.05) is 0 Å². The number of esters is 3. The average molecular weight is 717 g/mol. The summed E-state index contributed by atoms with van der Waals surface area (Å²) in [6, 6.07) is 0. The third kappa shape index (κ3) is 35.1. The monoisotopic (exact) mass is 716 g/mol. The molecule has 242 valence electrons. The summed E-state index contributed by atoms with van der Waals surface area (Å²) in [5.41, 5.74) is 0. The van der Waals surface area contributed by atoms with Gasteiger partial charge in [0.15, 0.2) is 0 Å². The second-order valence-electron chi connectivity index (χ2n) is 7.46. The van der Waals surface area contributed by atoms with Crippen LogP contribution in [0.25, 0.3) is 0 Å². The van der Waals surface area contributed by atoms with Crippen LogP contribution >= 0.6 is 82.3 Å². The van der Waals surface area contributed by atoms with Crippen LogP contribution in [-0.2, 0) is 38.4 Å². The number of hydrogen-bond acceptors (Lipinski definition) is 17. The molecule has 0 saturated carbocycles. The van der Waals surface area contributed by atoms with Crippen molar-refractivity contribution in [2.24, 2.45) is 0 Å². The van der Waals surface area contributed by atoms with Gasteiger partial charge >= 0.3 is 17.9 Å². The minimum atomic E-state index is -0.239. The van der Waals surface area contributed by atoms with Crippen LogP contribution in [0.15, 0.2) is 0 Å². The summed E-state index contributed by atoms with van der Waals surface area (Å²) in [6.45, 7) is 2.08. The van der Waals surface area contributed by atoms with Crippen molar-refractivity contribution in [1.82, 2.24) is 0 Å². The average Bonchev–Trinajstić information content (AvgIpc) is 2.96. The number of ether oxygens (including phenoxy) is 3. The lowest BCUT2D eigenvalue weighted by Crippen LogP contribution is -2.10. The Balaban J connectivity index is 3.28. The molecule has 0 aromatic carbocycles. The van der Waals surface area contributed by atoms with Gasteiger partial charge in [0.2, 0.25) is 0 Å². The molecule has 17 heteroatoms. The lowest BCUT2D eigenvalue weighted by atomic mass is 10.5. The molecule has 0 spiro atoms. The van der Waals surface area contributed by atoms with E-state index >= 15 is 0 Å². The summed E-state index contributed by atoms with van der Waals surface area (Å²) >= 11 is 10.9. The van der Waals surface area contributed by atoms with Gasteiger partial charge in [-0.2, -0.15) is 35.3 Å². The van der Waals surface area contributed by atoms with Gasteiger partial charge in [0, 0.05) is 50.4 Å². The van der Waals surface area contributed by atoms with Gasteiger partial charge in [0.25, 0.3) is 0 Å². The Morgan fingerprint density at radius 3 is 1.32 bits per heavy atom. The molecule has 0 aliphatic rings. The predicted molar refractivity (Wildman–Crippen MR) is 179 cm³/mol. The minimum Gasteiger partial charge on any atom is -0.465 e. The predicted octanol–water partition coefficient (Wildman–Crippen LogP) is 4.07. The molecule has 0 saturated heterocycles. The summed E-state index contributed by atoms with van der Waals surface area (Å²) < 4.78 is 15.5. The Bertz CT molecular complexity index is 623. The zero-order valence-corrected chi connectivity index (χ0v) is 29.1. The number of rotatable bonds is 32. The first-order chi connectivity index (χ1) is 20.1. The van der Waals surface area contributed by atoms with Gasteiger partial charge in [0.05, 0.1) is 44.4 Å². The maximum Gasteiger partial charge on any atom is 0.306 e. The maximum absolute atomic E-state index is 11.8. The highest BCUT2D eigenvalue weighted by molar-refractivity contribution is 8.16. The van der Waals surface area contributed by atoms with Gasteiger partial charge in [-0.1, -0.05) is 0 Å². The largest absolute Gasteiger partial charge is 0.465 e. The number of carbonyl (C=O) groups excluding carboxylic acids is 3. The Hall–Kier alpha value is 0.700.